The van der Waals surface area contributed by atoms with Crippen LogP contribution in [0.25, 0.3) is 0 Å². The lowest BCUT2D eigenvalue weighted by Crippen LogP contribution is -2.33. The van der Waals surface area contributed by atoms with Crippen molar-refractivity contribution < 1.29 is 17.9 Å². The molecule has 1 aliphatic heterocycles. The van der Waals surface area contributed by atoms with Gasteiger partial charge in [-0.3, -0.25) is 4.79 Å². The largest absolute Gasteiger partial charge is 0.493 e. The number of rotatable bonds is 6. The van der Waals surface area contributed by atoms with E-state index in [-0.39, 0.29) is 16.8 Å². The van der Waals surface area contributed by atoms with E-state index in [2.05, 4.69) is 5.32 Å². The smallest absolute Gasteiger partial charge is 0.268 e. The van der Waals surface area contributed by atoms with Gasteiger partial charge in [0.05, 0.1) is 12.6 Å². The normalized spacial score (nSPS) is 16.7. The third kappa shape index (κ3) is 3.72. The Balaban J connectivity index is 1.84. The van der Waals surface area contributed by atoms with E-state index >= 15 is 0 Å². The van der Waals surface area contributed by atoms with Crippen molar-refractivity contribution in [3.8, 4) is 5.75 Å². The molecule has 0 radical (unpaired) electrons. The SMILES string of the molecule is CCN(CC)S(=O)(=O)c1cc(C(=O)NC2CCOc3ccccc32)n(C)c1. The molecule has 2 aromatic rings. The number of aromatic nitrogens is 1. The number of para-hydroxylation sites is 1. The van der Waals surface area contributed by atoms with E-state index in [9.17, 15) is 13.2 Å². The van der Waals surface area contributed by atoms with E-state index in [1.54, 1.807) is 25.5 Å². The summed E-state index contributed by atoms with van der Waals surface area (Å²) in [4.78, 5) is 12.9. The second-order valence-corrected chi connectivity index (χ2v) is 8.40. The fourth-order valence-electron chi connectivity index (χ4n) is 3.34. The van der Waals surface area contributed by atoms with Crippen LogP contribution in [-0.4, -0.2) is 42.9 Å². The molecule has 0 bridgehead atoms. The predicted molar refractivity (Wildman–Crippen MR) is 102 cm³/mol. The third-order valence-corrected chi connectivity index (χ3v) is 6.83. The molecule has 0 saturated heterocycles. The first kappa shape index (κ1) is 19.4. The fraction of sp³-hybridized carbons (Fsp3) is 0.421. The van der Waals surface area contributed by atoms with Crippen molar-refractivity contribution >= 4 is 15.9 Å². The van der Waals surface area contributed by atoms with Crippen molar-refractivity contribution in [3.05, 3.63) is 47.8 Å². The standard InChI is InChI=1S/C19H25N3O4S/c1-4-22(5-2)27(24,25)14-12-17(21(3)13-14)19(23)20-16-10-11-26-18-9-7-6-8-15(16)18/h6-9,12-13,16H,4-5,10-11H2,1-3H3,(H,20,23). The van der Waals surface area contributed by atoms with Crippen molar-refractivity contribution in [2.45, 2.75) is 31.2 Å². The third-order valence-electron chi connectivity index (χ3n) is 4.82. The maximum Gasteiger partial charge on any atom is 0.268 e. The summed E-state index contributed by atoms with van der Waals surface area (Å²) in [5, 5.41) is 3.01. The Morgan fingerprint density at radius 1 is 1.30 bits per heavy atom. The number of hydrogen-bond donors (Lipinski definition) is 1. The molecule has 2 heterocycles. The van der Waals surface area contributed by atoms with E-state index in [1.807, 2.05) is 24.3 Å². The van der Waals surface area contributed by atoms with E-state index in [0.29, 0.717) is 31.8 Å². The number of carbonyl (C=O) groups is 1. The van der Waals surface area contributed by atoms with Crippen molar-refractivity contribution in [1.29, 1.82) is 0 Å². The van der Waals surface area contributed by atoms with Gasteiger partial charge in [0, 0.05) is 38.3 Å². The lowest BCUT2D eigenvalue weighted by atomic mass is 10.0. The molecule has 146 valence electrons. The number of ether oxygens (including phenoxy) is 1. The minimum Gasteiger partial charge on any atom is -0.493 e. The Bertz CT molecular complexity index is 932. The summed E-state index contributed by atoms with van der Waals surface area (Å²) in [6.07, 6.45) is 2.15. The summed E-state index contributed by atoms with van der Waals surface area (Å²) >= 11 is 0. The van der Waals surface area contributed by atoms with Crippen LogP contribution < -0.4 is 10.1 Å². The van der Waals surface area contributed by atoms with Crippen LogP contribution >= 0.6 is 0 Å². The van der Waals surface area contributed by atoms with Crippen LogP contribution in [0.5, 0.6) is 5.75 Å². The predicted octanol–water partition coefficient (Wildman–Crippen LogP) is 2.31. The van der Waals surface area contributed by atoms with Crippen LogP contribution in [0.4, 0.5) is 0 Å². The number of amides is 1. The maximum atomic E-state index is 12.8. The Labute approximate surface area is 160 Å². The number of sulfonamides is 1. The van der Waals surface area contributed by atoms with Crippen LogP contribution in [0.15, 0.2) is 41.4 Å². The molecule has 0 spiro atoms. The van der Waals surface area contributed by atoms with Crippen LogP contribution in [0.2, 0.25) is 0 Å². The summed E-state index contributed by atoms with van der Waals surface area (Å²) in [5.74, 6) is 0.464. The molecule has 1 N–H and O–H groups in total. The summed E-state index contributed by atoms with van der Waals surface area (Å²) in [7, 11) is -1.93. The molecule has 0 aliphatic carbocycles. The number of hydrogen-bond acceptors (Lipinski definition) is 4. The van der Waals surface area contributed by atoms with Gasteiger partial charge in [0.15, 0.2) is 0 Å². The molecule has 8 heteroatoms. The van der Waals surface area contributed by atoms with Gasteiger partial charge in [0.2, 0.25) is 10.0 Å². The topological polar surface area (TPSA) is 80.6 Å². The summed E-state index contributed by atoms with van der Waals surface area (Å²) in [5.41, 5.74) is 1.24. The summed E-state index contributed by atoms with van der Waals surface area (Å²) < 4.78 is 34.0. The highest BCUT2D eigenvalue weighted by atomic mass is 32.2. The molecular weight excluding hydrogens is 366 g/mol. The number of benzene rings is 1. The van der Waals surface area contributed by atoms with E-state index in [4.69, 9.17) is 4.74 Å². The molecule has 1 aromatic heterocycles. The molecule has 7 nitrogen and oxygen atoms in total. The number of aryl methyl sites for hydroxylation is 1. The number of fused-ring (bicyclic) bond motifs is 1. The molecule has 1 atom stereocenters. The minimum atomic E-state index is -3.61. The molecule has 27 heavy (non-hydrogen) atoms. The maximum absolute atomic E-state index is 12.8. The van der Waals surface area contributed by atoms with Crippen LogP contribution in [0, 0.1) is 0 Å². The van der Waals surface area contributed by atoms with Crippen molar-refractivity contribution in [2.75, 3.05) is 19.7 Å². The molecular formula is C19H25N3O4S. The highest BCUT2D eigenvalue weighted by Gasteiger charge is 2.27. The average Bonchev–Trinajstić information content (AvgIpc) is 3.05. The van der Waals surface area contributed by atoms with Gasteiger partial charge < -0.3 is 14.6 Å². The number of nitrogens with one attached hydrogen (secondary N) is 1. The molecule has 0 fully saturated rings. The molecule has 3 rings (SSSR count). The first-order valence-corrected chi connectivity index (χ1v) is 10.5. The first-order chi connectivity index (χ1) is 12.9. The first-order valence-electron chi connectivity index (χ1n) is 9.07. The molecule has 1 aliphatic rings. The molecule has 1 unspecified atom stereocenters. The van der Waals surface area contributed by atoms with Crippen LogP contribution in [0.1, 0.15) is 42.4 Å². The second-order valence-electron chi connectivity index (χ2n) is 6.46. The van der Waals surface area contributed by atoms with Crippen LogP contribution in [0.3, 0.4) is 0 Å². The van der Waals surface area contributed by atoms with Gasteiger partial charge >= 0.3 is 0 Å². The number of nitrogens with zero attached hydrogens (tertiary/aromatic N) is 2. The zero-order valence-corrected chi connectivity index (χ0v) is 16.6. The van der Waals surface area contributed by atoms with Crippen LogP contribution in [-0.2, 0) is 17.1 Å². The van der Waals surface area contributed by atoms with E-state index in [1.165, 1.54) is 16.6 Å². The number of carbonyl (C=O) groups excluding carboxylic acids is 1. The summed E-state index contributed by atoms with van der Waals surface area (Å²) in [6.45, 7) is 4.87. The average molecular weight is 391 g/mol. The van der Waals surface area contributed by atoms with Gasteiger partial charge in [-0.1, -0.05) is 32.0 Å². The monoisotopic (exact) mass is 391 g/mol. The van der Waals surface area contributed by atoms with Gasteiger partial charge in [-0.25, -0.2) is 8.42 Å². The second kappa shape index (κ2) is 7.74. The lowest BCUT2D eigenvalue weighted by molar-refractivity contribution is 0.0916. The van der Waals surface area contributed by atoms with Gasteiger partial charge in [-0.05, 0) is 12.1 Å². The Morgan fingerprint density at radius 2 is 2.00 bits per heavy atom. The highest BCUT2D eigenvalue weighted by Crippen LogP contribution is 2.31. The zero-order chi connectivity index (χ0) is 19.6. The highest BCUT2D eigenvalue weighted by molar-refractivity contribution is 7.89. The Hall–Kier alpha value is -2.32. The van der Waals surface area contributed by atoms with Gasteiger partial charge in [0.25, 0.3) is 5.91 Å². The van der Waals surface area contributed by atoms with E-state index < -0.39 is 10.0 Å². The van der Waals surface area contributed by atoms with Gasteiger partial charge in [0.1, 0.15) is 16.3 Å². The minimum absolute atomic E-state index is 0.131. The lowest BCUT2D eigenvalue weighted by Gasteiger charge is -2.26. The Kier molecular flexibility index (Phi) is 5.57. The molecule has 1 amide bonds. The fourth-order valence-corrected chi connectivity index (χ4v) is 4.87. The van der Waals surface area contributed by atoms with Gasteiger partial charge in [-0.15, -0.1) is 0 Å². The molecule has 0 saturated carbocycles. The quantitative estimate of drug-likeness (QED) is 0.819. The van der Waals surface area contributed by atoms with Crippen molar-refractivity contribution in [1.82, 2.24) is 14.2 Å². The zero-order valence-electron chi connectivity index (χ0n) is 15.8. The van der Waals surface area contributed by atoms with E-state index in [0.717, 1.165) is 11.3 Å². The van der Waals surface area contributed by atoms with Crippen molar-refractivity contribution in [3.63, 3.8) is 0 Å². The molecule has 1 aromatic carbocycles. The van der Waals surface area contributed by atoms with Gasteiger partial charge in [-0.2, -0.15) is 4.31 Å². The Morgan fingerprint density at radius 3 is 2.70 bits per heavy atom. The van der Waals surface area contributed by atoms with Crippen molar-refractivity contribution in [2.24, 2.45) is 7.05 Å². The summed E-state index contributed by atoms with van der Waals surface area (Å²) in [6, 6.07) is 8.88.